The van der Waals surface area contributed by atoms with Gasteiger partial charge in [0.25, 0.3) is 0 Å². The summed E-state index contributed by atoms with van der Waals surface area (Å²) in [6.45, 7) is 0.187. The summed E-state index contributed by atoms with van der Waals surface area (Å²) in [5.41, 5.74) is 0.410. The average molecular weight is 441 g/mol. The van der Waals surface area contributed by atoms with Crippen molar-refractivity contribution in [2.75, 3.05) is 7.05 Å². The highest BCUT2D eigenvalue weighted by Gasteiger charge is 2.31. The molecule has 4 nitrogen and oxygen atoms in total. The second-order valence-corrected chi connectivity index (χ2v) is 4.87. The highest BCUT2D eigenvalue weighted by Crippen LogP contribution is 2.26. The number of nitrogens with one attached hydrogen (secondary N) is 2. The van der Waals surface area contributed by atoms with E-state index in [2.05, 4.69) is 32.5 Å². The van der Waals surface area contributed by atoms with Crippen LogP contribution in [0, 0.1) is 0 Å². The van der Waals surface area contributed by atoms with Gasteiger partial charge in [0.2, 0.25) is 0 Å². The Kier molecular flexibility index (Phi) is 7.66. The number of halogens is 4. The van der Waals surface area contributed by atoms with E-state index < -0.39 is 6.36 Å². The number of guanidine groups is 1. The lowest BCUT2D eigenvalue weighted by Crippen LogP contribution is -2.42. The molecule has 1 aliphatic rings. The van der Waals surface area contributed by atoms with Gasteiger partial charge in [-0.25, -0.2) is 0 Å². The molecule has 23 heavy (non-hydrogen) atoms. The Balaban J connectivity index is 0.00000264. The largest absolute Gasteiger partial charge is 0.573 e. The van der Waals surface area contributed by atoms with Crippen LogP contribution >= 0.6 is 24.0 Å². The number of hydrogen-bond donors (Lipinski definition) is 2. The quantitative estimate of drug-likeness (QED) is 0.325. The molecule has 128 valence electrons. The topological polar surface area (TPSA) is 45.7 Å². The minimum Gasteiger partial charge on any atom is -0.405 e. The van der Waals surface area contributed by atoms with Crippen LogP contribution in [-0.2, 0) is 6.54 Å². The van der Waals surface area contributed by atoms with Gasteiger partial charge in [-0.1, -0.05) is 30.4 Å². The molecule has 0 bridgehead atoms. The number of nitrogens with zero attached hydrogens (tertiary/aromatic N) is 1. The molecule has 1 aromatic carbocycles. The summed E-state index contributed by atoms with van der Waals surface area (Å²) in [5.74, 6) is 0.344. The van der Waals surface area contributed by atoms with Gasteiger partial charge in [0.1, 0.15) is 5.75 Å². The molecule has 1 aliphatic carbocycles. The number of alkyl halides is 3. The molecule has 0 atom stereocenters. The van der Waals surface area contributed by atoms with Crippen LogP contribution in [0.2, 0.25) is 0 Å². The first-order valence-electron chi connectivity index (χ1n) is 6.94. The fourth-order valence-electron chi connectivity index (χ4n) is 2.18. The molecule has 0 unspecified atom stereocenters. The molecule has 0 heterocycles. The number of hydrogen-bond acceptors (Lipinski definition) is 2. The zero-order chi connectivity index (χ0) is 16.0. The molecule has 2 rings (SSSR count). The van der Waals surface area contributed by atoms with Crippen molar-refractivity contribution in [3.8, 4) is 5.75 Å². The van der Waals surface area contributed by atoms with Crippen LogP contribution in [0.15, 0.2) is 41.4 Å². The van der Waals surface area contributed by atoms with E-state index in [4.69, 9.17) is 0 Å². The van der Waals surface area contributed by atoms with Crippen LogP contribution in [0.1, 0.15) is 18.4 Å². The average Bonchev–Trinajstić information content (AvgIpc) is 2.96. The molecule has 2 N–H and O–H groups in total. The normalized spacial score (nSPS) is 15.2. The second kappa shape index (κ2) is 8.99. The summed E-state index contributed by atoms with van der Waals surface area (Å²) >= 11 is 0. The fraction of sp³-hybridized carbons (Fsp3) is 0.400. The molecule has 0 aromatic heterocycles. The summed E-state index contributed by atoms with van der Waals surface area (Å²) < 4.78 is 41.1. The first-order valence-corrected chi connectivity index (χ1v) is 6.94. The number of rotatable bonds is 4. The van der Waals surface area contributed by atoms with Gasteiger partial charge in [-0.05, 0) is 18.9 Å². The van der Waals surface area contributed by atoms with E-state index in [0.29, 0.717) is 11.5 Å². The van der Waals surface area contributed by atoms with Gasteiger partial charge in [0.15, 0.2) is 5.96 Å². The maximum Gasteiger partial charge on any atom is 0.573 e. The summed E-state index contributed by atoms with van der Waals surface area (Å²) in [4.78, 5) is 4.07. The third kappa shape index (κ3) is 6.67. The summed E-state index contributed by atoms with van der Waals surface area (Å²) in [7, 11) is 1.62. The molecule has 0 fully saturated rings. The predicted octanol–water partition coefficient (Wildman–Crippen LogP) is 3.59. The molecule has 8 heteroatoms. The molecular formula is C15H19F3IN3O. The van der Waals surface area contributed by atoms with Crippen LogP contribution in [0.25, 0.3) is 0 Å². The maximum absolute atomic E-state index is 12.4. The zero-order valence-corrected chi connectivity index (χ0v) is 14.9. The maximum atomic E-state index is 12.4. The van der Waals surface area contributed by atoms with Crippen LogP contribution in [0.5, 0.6) is 5.75 Å². The van der Waals surface area contributed by atoms with E-state index in [9.17, 15) is 13.2 Å². The van der Waals surface area contributed by atoms with Crippen LogP contribution in [-0.4, -0.2) is 25.4 Å². The van der Waals surface area contributed by atoms with Gasteiger partial charge in [-0.15, -0.1) is 37.1 Å². The highest BCUT2D eigenvalue weighted by atomic mass is 127. The van der Waals surface area contributed by atoms with Crippen molar-refractivity contribution in [2.24, 2.45) is 4.99 Å². The lowest BCUT2D eigenvalue weighted by Gasteiger charge is -2.18. The van der Waals surface area contributed by atoms with Gasteiger partial charge in [0.05, 0.1) is 0 Å². The third-order valence-electron chi connectivity index (χ3n) is 3.22. The van der Waals surface area contributed by atoms with Gasteiger partial charge < -0.3 is 15.4 Å². The van der Waals surface area contributed by atoms with Gasteiger partial charge in [-0.2, -0.15) is 0 Å². The van der Waals surface area contributed by atoms with Gasteiger partial charge in [0, 0.05) is 25.2 Å². The lowest BCUT2D eigenvalue weighted by molar-refractivity contribution is -0.274. The standard InChI is InChI=1S/C15H18F3N3O.HI/c1-19-14(21-12-7-3-4-8-12)20-10-11-6-2-5-9-13(11)22-15(16,17)18;/h2-6,9,12H,7-8,10H2,1H3,(H2,19,20,21);1H. The first-order chi connectivity index (χ1) is 10.5. The smallest absolute Gasteiger partial charge is 0.405 e. The monoisotopic (exact) mass is 441 g/mol. The number of ether oxygens (including phenoxy) is 1. The Morgan fingerprint density at radius 3 is 2.52 bits per heavy atom. The Hall–Kier alpha value is -1.45. The minimum absolute atomic E-state index is 0. The van der Waals surface area contributed by atoms with Crippen LogP contribution < -0.4 is 15.4 Å². The molecular weight excluding hydrogens is 422 g/mol. The number of para-hydroxylation sites is 1. The second-order valence-electron chi connectivity index (χ2n) is 4.87. The first kappa shape index (κ1) is 19.6. The van der Waals surface area contributed by atoms with Crippen molar-refractivity contribution in [1.29, 1.82) is 0 Å². The summed E-state index contributed by atoms with van der Waals surface area (Å²) in [6, 6.07) is 6.31. The SMILES string of the molecule is CN=C(NCc1ccccc1OC(F)(F)F)NC1CC=CC1.I. The van der Waals surface area contributed by atoms with Crippen molar-refractivity contribution < 1.29 is 17.9 Å². The number of benzene rings is 1. The molecule has 0 radical (unpaired) electrons. The predicted molar refractivity (Wildman–Crippen MR) is 94.0 cm³/mol. The summed E-state index contributed by atoms with van der Waals surface area (Å²) in [6.07, 6.45) is 1.28. The Morgan fingerprint density at radius 2 is 1.91 bits per heavy atom. The third-order valence-corrected chi connectivity index (χ3v) is 3.22. The zero-order valence-electron chi connectivity index (χ0n) is 12.6. The van der Waals surface area contributed by atoms with E-state index >= 15 is 0 Å². The molecule has 0 saturated carbocycles. The van der Waals surface area contributed by atoms with Gasteiger partial charge >= 0.3 is 6.36 Å². The Labute approximate surface area is 150 Å². The van der Waals surface area contributed by atoms with E-state index in [1.165, 1.54) is 12.1 Å². The summed E-state index contributed by atoms with van der Waals surface area (Å²) in [5, 5.41) is 6.22. The van der Waals surface area contributed by atoms with Crippen molar-refractivity contribution in [3.05, 3.63) is 42.0 Å². The molecule has 0 amide bonds. The van der Waals surface area contributed by atoms with Crippen LogP contribution in [0.3, 0.4) is 0 Å². The molecule has 0 saturated heterocycles. The van der Waals surface area contributed by atoms with Crippen molar-refractivity contribution >= 4 is 29.9 Å². The van der Waals surface area contributed by atoms with Gasteiger partial charge in [-0.3, -0.25) is 4.99 Å². The van der Waals surface area contributed by atoms with Crippen molar-refractivity contribution in [3.63, 3.8) is 0 Å². The van der Waals surface area contributed by atoms with Crippen molar-refractivity contribution in [2.45, 2.75) is 31.8 Å². The lowest BCUT2D eigenvalue weighted by atomic mass is 10.2. The van der Waals surface area contributed by atoms with Crippen LogP contribution in [0.4, 0.5) is 13.2 Å². The highest BCUT2D eigenvalue weighted by molar-refractivity contribution is 14.0. The van der Waals surface area contributed by atoms with E-state index in [1.807, 2.05) is 0 Å². The fourth-order valence-corrected chi connectivity index (χ4v) is 2.18. The van der Waals surface area contributed by atoms with E-state index in [1.54, 1.807) is 19.2 Å². The Bertz CT molecular complexity index is 553. The van der Waals surface area contributed by atoms with Crippen molar-refractivity contribution in [1.82, 2.24) is 10.6 Å². The molecule has 0 spiro atoms. The minimum atomic E-state index is -4.70. The Morgan fingerprint density at radius 1 is 1.26 bits per heavy atom. The molecule has 0 aliphatic heterocycles. The molecule has 1 aromatic rings. The van der Waals surface area contributed by atoms with E-state index in [0.717, 1.165) is 12.8 Å². The van der Waals surface area contributed by atoms with E-state index in [-0.39, 0.29) is 42.3 Å². The number of aliphatic imine (C=N–C) groups is 1.